The van der Waals surface area contributed by atoms with Crippen LogP contribution in [0.4, 0.5) is 0 Å². The fraction of sp³-hybridized carbons (Fsp3) is 0.618. The van der Waals surface area contributed by atoms with E-state index in [1.807, 2.05) is 43.5 Å². The summed E-state index contributed by atoms with van der Waals surface area (Å²) in [6.45, 7) is 11.5. The summed E-state index contributed by atoms with van der Waals surface area (Å²) in [5, 5.41) is 33.4. The number of ketones is 1. The van der Waals surface area contributed by atoms with Crippen LogP contribution in [0.1, 0.15) is 97.1 Å². The first-order valence-corrected chi connectivity index (χ1v) is 15.8. The van der Waals surface area contributed by atoms with Crippen LogP contribution in [0.3, 0.4) is 0 Å². The topological polar surface area (TPSA) is 168 Å². The molecule has 0 saturated carbocycles. The highest BCUT2D eigenvalue weighted by molar-refractivity contribution is 5.88. The Morgan fingerprint density at radius 1 is 1.13 bits per heavy atom. The Morgan fingerprint density at radius 3 is 2.53 bits per heavy atom. The minimum Gasteiger partial charge on any atom is -0.481 e. The number of ether oxygens (including phenoxy) is 1. The number of carbonyl (C=O) groups excluding carboxylic acids is 3. The fourth-order valence-corrected chi connectivity index (χ4v) is 5.92. The standard InChI is InChI=1S/C34H49N3O8/c1-20-8-7-9-21(2)32(43)22(3)33(44)34(5,6)28(38)19-31(42)45-27(13-10-20)24-11-12-26-25(18-24)36-23(4)37(26)17-16-35-29(39)14-15-30(40)41/h10-12,18,21-22,27-28,32,38,43H,7-9,13-17,19H2,1-6H3,(H,35,39)(H,40,41)/b20-10-/t21-,22+,27-,28-,32?/m0/s1. The summed E-state index contributed by atoms with van der Waals surface area (Å²) in [6.07, 6.45) is 1.40. The zero-order chi connectivity index (χ0) is 33.5. The Kier molecular flexibility index (Phi) is 12.5. The van der Waals surface area contributed by atoms with Gasteiger partial charge in [0.25, 0.3) is 0 Å². The molecule has 1 aliphatic rings. The van der Waals surface area contributed by atoms with Crippen molar-refractivity contribution in [3.05, 3.63) is 41.2 Å². The van der Waals surface area contributed by atoms with E-state index < -0.39 is 41.6 Å². The summed E-state index contributed by atoms with van der Waals surface area (Å²) >= 11 is 0. The zero-order valence-electron chi connectivity index (χ0n) is 27.3. The predicted molar refractivity (Wildman–Crippen MR) is 169 cm³/mol. The summed E-state index contributed by atoms with van der Waals surface area (Å²) in [4.78, 5) is 53.8. The Hall–Kier alpha value is -3.57. The molecule has 2 heterocycles. The van der Waals surface area contributed by atoms with Crippen molar-refractivity contribution in [1.29, 1.82) is 0 Å². The van der Waals surface area contributed by atoms with Crippen LogP contribution in [0.5, 0.6) is 0 Å². The Morgan fingerprint density at radius 2 is 1.84 bits per heavy atom. The van der Waals surface area contributed by atoms with Gasteiger partial charge in [-0.15, -0.1) is 0 Å². The lowest BCUT2D eigenvalue weighted by Gasteiger charge is -2.34. The molecule has 248 valence electrons. The molecular weight excluding hydrogens is 578 g/mol. The first-order chi connectivity index (χ1) is 21.1. The molecule has 11 nitrogen and oxygen atoms in total. The zero-order valence-corrected chi connectivity index (χ0v) is 27.3. The fourth-order valence-electron chi connectivity index (χ4n) is 5.92. The number of carboxylic acids is 1. The number of nitrogens with zero attached hydrogens (tertiary/aromatic N) is 2. The van der Waals surface area contributed by atoms with E-state index in [1.165, 1.54) is 0 Å². The number of aliphatic hydroxyl groups is 2. The number of hydrogen-bond acceptors (Lipinski definition) is 8. The van der Waals surface area contributed by atoms with Gasteiger partial charge in [-0.1, -0.05) is 45.4 Å². The van der Waals surface area contributed by atoms with Crippen molar-refractivity contribution in [2.75, 3.05) is 6.54 Å². The average molecular weight is 628 g/mol. The van der Waals surface area contributed by atoms with Crippen molar-refractivity contribution in [1.82, 2.24) is 14.9 Å². The van der Waals surface area contributed by atoms with Crippen molar-refractivity contribution < 1.29 is 39.2 Å². The van der Waals surface area contributed by atoms with Gasteiger partial charge in [0.15, 0.2) is 0 Å². The molecule has 0 bridgehead atoms. The number of imidazole rings is 1. The van der Waals surface area contributed by atoms with E-state index >= 15 is 0 Å². The van der Waals surface area contributed by atoms with E-state index in [9.17, 15) is 29.4 Å². The second-order valence-corrected chi connectivity index (χ2v) is 13.0. The highest BCUT2D eigenvalue weighted by atomic mass is 16.5. The molecule has 45 heavy (non-hydrogen) atoms. The number of benzene rings is 1. The number of aliphatic carboxylic acids is 1. The van der Waals surface area contributed by atoms with Gasteiger partial charge in [-0.3, -0.25) is 19.2 Å². The van der Waals surface area contributed by atoms with Gasteiger partial charge in [-0.05, 0) is 56.7 Å². The van der Waals surface area contributed by atoms with E-state index in [-0.39, 0.29) is 36.9 Å². The number of carboxylic acid groups (broad SMARTS) is 1. The third-order valence-corrected chi connectivity index (χ3v) is 9.08. The van der Waals surface area contributed by atoms with Crippen molar-refractivity contribution in [2.24, 2.45) is 17.3 Å². The molecule has 5 atom stereocenters. The Balaban J connectivity index is 1.84. The highest BCUT2D eigenvalue weighted by Crippen LogP contribution is 2.34. The van der Waals surface area contributed by atoms with Gasteiger partial charge in [-0.25, -0.2) is 4.98 Å². The molecule has 2 aromatic rings. The smallest absolute Gasteiger partial charge is 0.309 e. The van der Waals surface area contributed by atoms with Crippen molar-refractivity contribution >= 4 is 34.7 Å². The largest absolute Gasteiger partial charge is 0.481 e. The molecule has 3 rings (SSSR count). The van der Waals surface area contributed by atoms with Gasteiger partial charge in [0.2, 0.25) is 5.91 Å². The summed E-state index contributed by atoms with van der Waals surface area (Å²) in [6, 6.07) is 5.64. The molecule has 0 aliphatic carbocycles. The van der Waals surface area contributed by atoms with Crippen LogP contribution in [0.2, 0.25) is 0 Å². The van der Waals surface area contributed by atoms with Crippen LogP contribution in [-0.4, -0.2) is 67.3 Å². The SMILES string of the molecule is C/C1=C/C[C@@H](c2ccc3c(c2)nc(C)n3CCNC(=O)CCC(=O)O)OC(=O)C[C@H](O)C(C)(C)C(=O)[C@H](C)C(O)[C@@H](C)CCC1. The third kappa shape index (κ3) is 9.46. The number of cyclic esters (lactones) is 1. The van der Waals surface area contributed by atoms with Gasteiger partial charge in [-0.2, -0.15) is 0 Å². The molecule has 1 unspecified atom stereocenters. The molecule has 0 fully saturated rings. The van der Waals surface area contributed by atoms with Crippen LogP contribution < -0.4 is 5.32 Å². The minimum atomic E-state index is -1.29. The monoisotopic (exact) mass is 627 g/mol. The normalized spacial score (nSPS) is 26.6. The third-order valence-electron chi connectivity index (χ3n) is 9.08. The van der Waals surface area contributed by atoms with Crippen molar-refractivity contribution in [3.63, 3.8) is 0 Å². The van der Waals surface area contributed by atoms with Gasteiger partial charge < -0.3 is 29.9 Å². The Labute approximate surface area is 265 Å². The molecular formula is C34H49N3O8. The lowest BCUT2D eigenvalue weighted by molar-refractivity contribution is -0.156. The maximum atomic E-state index is 13.3. The van der Waals surface area contributed by atoms with Gasteiger partial charge in [0.1, 0.15) is 17.7 Å². The lowest BCUT2D eigenvalue weighted by Crippen LogP contribution is -2.45. The van der Waals surface area contributed by atoms with Gasteiger partial charge in [0, 0.05) is 31.8 Å². The number of nitrogens with one attached hydrogen (secondary N) is 1. The summed E-state index contributed by atoms with van der Waals surface area (Å²) in [7, 11) is 0. The number of esters is 1. The highest BCUT2D eigenvalue weighted by Gasteiger charge is 2.42. The van der Waals surface area contributed by atoms with Crippen LogP contribution in [0.15, 0.2) is 29.8 Å². The second kappa shape index (κ2) is 15.6. The lowest BCUT2D eigenvalue weighted by atomic mass is 9.73. The van der Waals surface area contributed by atoms with Crippen molar-refractivity contribution in [3.8, 4) is 0 Å². The maximum Gasteiger partial charge on any atom is 0.309 e. The number of aliphatic hydroxyl groups excluding tert-OH is 2. The first-order valence-electron chi connectivity index (χ1n) is 15.8. The molecule has 0 radical (unpaired) electrons. The van der Waals surface area contributed by atoms with Crippen LogP contribution in [-0.2, 0) is 30.5 Å². The number of carbonyl (C=O) groups is 4. The number of allylic oxidation sites excluding steroid dienone is 1. The molecule has 1 aromatic heterocycles. The van der Waals surface area contributed by atoms with Crippen molar-refractivity contribution in [2.45, 2.75) is 111 Å². The van der Waals surface area contributed by atoms with Crippen LogP contribution in [0.25, 0.3) is 11.0 Å². The van der Waals surface area contributed by atoms with Gasteiger partial charge in [0.05, 0.1) is 41.5 Å². The summed E-state index contributed by atoms with van der Waals surface area (Å²) < 4.78 is 7.90. The molecule has 11 heteroatoms. The quantitative estimate of drug-likeness (QED) is 0.257. The summed E-state index contributed by atoms with van der Waals surface area (Å²) in [5.41, 5.74) is 2.13. The number of aromatic nitrogens is 2. The van der Waals surface area contributed by atoms with E-state index in [0.717, 1.165) is 41.7 Å². The number of amides is 1. The van der Waals surface area contributed by atoms with Crippen LogP contribution >= 0.6 is 0 Å². The molecule has 0 spiro atoms. The second-order valence-electron chi connectivity index (χ2n) is 13.0. The van der Waals surface area contributed by atoms with E-state index in [2.05, 4.69) is 16.4 Å². The molecule has 1 amide bonds. The molecule has 1 aromatic carbocycles. The minimum absolute atomic E-state index is 0.0808. The van der Waals surface area contributed by atoms with E-state index in [1.54, 1.807) is 20.8 Å². The van der Waals surface area contributed by atoms with Gasteiger partial charge >= 0.3 is 11.9 Å². The first kappa shape index (κ1) is 35.9. The average Bonchev–Trinajstić information content (AvgIpc) is 3.30. The molecule has 4 N–H and O–H groups in total. The van der Waals surface area contributed by atoms with Crippen LogP contribution in [0, 0.1) is 24.2 Å². The summed E-state index contributed by atoms with van der Waals surface area (Å²) in [5.74, 6) is -2.33. The number of rotatable bonds is 7. The number of Topliss-reactive ketones (excluding diaryl/α,β-unsaturated/α-hetero) is 1. The maximum absolute atomic E-state index is 13.3. The number of aryl methyl sites for hydroxylation is 1. The van der Waals surface area contributed by atoms with E-state index in [0.29, 0.717) is 25.0 Å². The molecule has 1 aliphatic heterocycles. The molecule has 0 saturated heterocycles. The Bertz CT molecular complexity index is 1410. The number of fused-ring (bicyclic) bond motifs is 1. The van der Waals surface area contributed by atoms with E-state index in [4.69, 9.17) is 9.84 Å². The predicted octanol–water partition coefficient (Wildman–Crippen LogP) is 4.41. The number of hydrogen-bond donors (Lipinski definition) is 4.